The number of carbonyl (C=O) groups is 1. The highest BCUT2D eigenvalue weighted by molar-refractivity contribution is 9.10. The molecule has 0 N–H and O–H groups in total. The normalized spacial score (nSPS) is 10.4. The second kappa shape index (κ2) is 8.58. The predicted molar refractivity (Wildman–Crippen MR) is 92.1 cm³/mol. The second-order valence-electron chi connectivity index (χ2n) is 5.11. The van der Waals surface area contributed by atoms with Crippen molar-refractivity contribution >= 4 is 21.9 Å². The summed E-state index contributed by atoms with van der Waals surface area (Å²) in [6.07, 6.45) is 0.0687. The fourth-order valence-electron chi connectivity index (χ4n) is 1.87. The maximum Gasteiger partial charge on any atom is 0.338 e. The first-order chi connectivity index (χ1) is 11.1. The van der Waals surface area contributed by atoms with Gasteiger partial charge in [-0.1, -0.05) is 18.2 Å². The summed E-state index contributed by atoms with van der Waals surface area (Å²) in [7, 11) is 0. The molecule has 0 fully saturated rings. The lowest BCUT2D eigenvalue weighted by atomic mass is 10.2. The molecule has 5 heteroatoms. The first-order valence-corrected chi connectivity index (χ1v) is 8.16. The van der Waals surface area contributed by atoms with Crippen LogP contribution in [0.3, 0.4) is 0 Å². The molecule has 0 aromatic heterocycles. The SMILES string of the molecule is CC(C)Oc1ccc(C(=O)OCCOc2ccccc2)cc1Br. The van der Waals surface area contributed by atoms with Gasteiger partial charge in [-0.3, -0.25) is 0 Å². The molecule has 0 aliphatic rings. The van der Waals surface area contributed by atoms with E-state index in [2.05, 4.69) is 15.9 Å². The van der Waals surface area contributed by atoms with E-state index in [0.29, 0.717) is 17.9 Å². The lowest BCUT2D eigenvalue weighted by molar-refractivity contribution is 0.0450. The molecule has 23 heavy (non-hydrogen) atoms. The van der Waals surface area contributed by atoms with Crippen molar-refractivity contribution in [2.24, 2.45) is 0 Å². The zero-order valence-corrected chi connectivity index (χ0v) is 14.7. The van der Waals surface area contributed by atoms with Gasteiger partial charge in [0.25, 0.3) is 0 Å². The van der Waals surface area contributed by atoms with E-state index in [4.69, 9.17) is 14.2 Å². The molecule has 0 heterocycles. The predicted octanol–water partition coefficient (Wildman–Crippen LogP) is 4.47. The number of hydrogen-bond acceptors (Lipinski definition) is 4. The average molecular weight is 379 g/mol. The monoisotopic (exact) mass is 378 g/mol. The Morgan fingerprint density at radius 2 is 1.83 bits per heavy atom. The summed E-state index contributed by atoms with van der Waals surface area (Å²) in [4.78, 5) is 12.0. The topological polar surface area (TPSA) is 44.8 Å². The molecular weight excluding hydrogens is 360 g/mol. The van der Waals surface area contributed by atoms with Crippen molar-refractivity contribution in [1.29, 1.82) is 0 Å². The van der Waals surface area contributed by atoms with Crippen molar-refractivity contribution in [3.63, 3.8) is 0 Å². The molecule has 2 rings (SSSR count). The fourth-order valence-corrected chi connectivity index (χ4v) is 2.34. The van der Waals surface area contributed by atoms with Crippen LogP contribution in [0, 0.1) is 0 Å². The van der Waals surface area contributed by atoms with Crippen molar-refractivity contribution in [1.82, 2.24) is 0 Å². The zero-order valence-electron chi connectivity index (χ0n) is 13.1. The lowest BCUT2D eigenvalue weighted by Gasteiger charge is -2.12. The third kappa shape index (κ3) is 5.60. The Bertz CT molecular complexity index is 641. The van der Waals surface area contributed by atoms with Crippen molar-refractivity contribution in [3.05, 3.63) is 58.6 Å². The molecular formula is C18H19BrO4. The Hall–Kier alpha value is -2.01. The van der Waals surface area contributed by atoms with E-state index in [-0.39, 0.29) is 12.7 Å². The summed E-state index contributed by atoms with van der Waals surface area (Å²) in [6, 6.07) is 14.5. The van der Waals surface area contributed by atoms with Gasteiger partial charge in [0, 0.05) is 0 Å². The molecule has 0 unspecified atom stereocenters. The number of carbonyl (C=O) groups excluding carboxylic acids is 1. The maximum absolute atomic E-state index is 12.0. The molecule has 0 bridgehead atoms. The minimum Gasteiger partial charge on any atom is -0.490 e. The van der Waals surface area contributed by atoms with Gasteiger partial charge in [-0.15, -0.1) is 0 Å². The van der Waals surface area contributed by atoms with Crippen LogP contribution in [0.4, 0.5) is 0 Å². The van der Waals surface area contributed by atoms with Gasteiger partial charge in [-0.2, -0.15) is 0 Å². The maximum atomic E-state index is 12.0. The number of esters is 1. The number of rotatable bonds is 7. The molecule has 0 atom stereocenters. The van der Waals surface area contributed by atoms with Crippen LogP contribution in [0.2, 0.25) is 0 Å². The van der Waals surface area contributed by atoms with E-state index in [9.17, 15) is 4.79 Å². The number of hydrogen-bond donors (Lipinski definition) is 0. The summed E-state index contributed by atoms with van der Waals surface area (Å²) in [5.74, 6) is 1.06. The van der Waals surface area contributed by atoms with E-state index in [0.717, 1.165) is 10.2 Å². The number of halogens is 1. The minimum absolute atomic E-state index is 0.0687. The summed E-state index contributed by atoms with van der Waals surface area (Å²) in [6.45, 7) is 4.39. The Kier molecular flexibility index (Phi) is 6.47. The molecule has 2 aromatic carbocycles. The van der Waals surface area contributed by atoms with Gasteiger partial charge < -0.3 is 14.2 Å². The van der Waals surface area contributed by atoms with Crippen molar-refractivity contribution in [2.45, 2.75) is 20.0 Å². The highest BCUT2D eigenvalue weighted by Crippen LogP contribution is 2.27. The molecule has 0 spiro atoms. The third-order valence-electron chi connectivity index (χ3n) is 2.86. The smallest absolute Gasteiger partial charge is 0.338 e. The molecule has 0 saturated carbocycles. The van der Waals surface area contributed by atoms with Crippen molar-refractivity contribution < 1.29 is 19.0 Å². The average Bonchev–Trinajstić information content (AvgIpc) is 2.54. The van der Waals surface area contributed by atoms with Crippen LogP contribution >= 0.6 is 15.9 Å². The van der Waals surface area contributed by atoms with Crippen LogP contribution in [0.5, 0.6) is 11.5 Å². The van der Waals surface area contributed by atoms with Crippen LogP contribution in [-0.2, 0) is 4.74 Å². The number of para-hydroxylation sites is 1. The van der Waals surface area contributed by atoms with Gasteiger partial charge >= 0.3 is 5.97 Å². The van der Waals surface area contributed by atoms with E-state index < -0.39 is 5.97 Å². The van der Waals surface area contributed by atoms with Gasteiger partial charge in [0.05, 0.1) is 16.1 Å². The first kappa shape index (κ1) is 17.3. The lowest BCUT2D eigenvalue weighted by Crippen LogP contribution is -2.12. The summed E-state index contributed by atoms with van der Waals surface area (Å²) < 4.78 is 17.0. The van der Waals surface area contributed by atoms with E-state index in [1.807, 2.05) is 44.2 Å². The van der Waals surface area contributed by atoms with Gasteiger partial charge in [0.1, 0.15) is 24.7 Å². The molecule has 122 valence electrons. The van der Waals surface area contributed by atoms with Crippen LogP contribution in [0.15, 0.2) is 53.0 Å². The number of ether oxygens (including phenoxy) is 3. The fraction of sp³-hybridized carbons (Fsp3) is 0.278. The van der Waals surface area contributed by atoms with Crippen molar-refractivity contribution in [3.8, 4) is 11.5 Å². The Labute approximate surface area is 144 Å². The first-order valence-electron chi connectivity index (χ1n) is 7.37. The van der Waals surface area contributed by atoms with Gasteiger partial charge in [0.2, 0.25) is 0 Å². The molecule has 2 aromatic rings. The van der Waals surface area contributed by atoms with Crippen LogP contribution in [0.25, 0.3) is 0 Å². The second-order valence-corrected chi connectivity index (χ2v) is 5.96. The molecule has 0 aliphatic heterocycles. The summed E-state index contributed by atoms with van der Waals surface area (Å²) in [5.41, 5.74) is 0.465. The van der Waals surface area contributed by atoms with Gasteiger partial charge in [-0.05, 0) is 60.1 Å². The van der Waals surface area contributed by atoms with Gasteiger partial charge in [-0.25, -0.2) is 4.79 Å². The highest BCUT2D eigenvalue weighted by atomic mass is 79.9. The molecule has 0 aliphatic carbocycles. The molecule has 0 radical (unpaired) electrons. The number of benzene rings is 2. The molecule has 4 nitrogen and oxygen atoms in total. The largest absolute Gasteiger partial charge is 0.490 e. The minimum atomic E-state index is -0.390. The Morgan fingerprint density at radius 3 is 2.48 bits per heavy atom. The molecule has 0 saturated heterocycles. The van der Waals surface area contributed by atoms with E-state index in [1.165, 1.54) is 0 Å². The highest BCUT2D eigenvalue weighted by Gasteiger charge is 2.11. The van der Waals surface area contributed by atoms with Crippen molar-refractivity contribution in [2.75, 3.05) is 13.2 Å². The van der Waals surface area contributed by atoms with E-state index in [1.54, 1.807) is 18.2 Å². The quantitative estimate of drug-likeness (QED) is 0.526. The van der Waals surface area contributed by atoms with Crippen LogP contribution < -0.4 is 9.47 Å². The summed E-state index contributed by atoms with van der Waals surface area (Å²) >= 11 is 3.40. The van der Waals surface area contributed by atoms with E-state index >= 15 is 0 Å². The Balaban J connectivity index is 1.82. The third-order valence-corrected chi connectivity index (χ3v) is 3.48. The Morgan fingerprint density at radius 1 is 1.09 bits per heavy atom. The zero-order chi connectivity index (χ0) is 16.7. The van der Waals surface area contributed by atoms with Gasteiger partial charge in [0.15, 0.2) is 0 Å². The van der Waals surface area contributed by atoms with Crippen LogP contribution in [0.1, 0.15) is 24.2 Å². The van der Waals surface area contributed by atoms with Crippen LogP contribution in [-0.4, -0.2) is 25.3 Å². The summed E-state index contributed by atoms with van der Waals surface area (Å²) in [5, 5.41) is 0. The standard InChI is InChI=1S/C18H19BrO4/c1-13(2)23-17-9-8-14(12-16(17)19)18(20)22-11-10-21-15-6-4-3-5-7-15/h3-9,12-13H,10-11H2,1-2H3. The molecule has 0 amide bonds.